The monoisotopic (exact) mass is 630 g/mol. The summed E-state index contributed by atoms with van der Waals surface area (Å²) in [6, 6.07) is 20.3. The van der Waals surface area contributed by atoms with Crippen molar-refractivity contribution in [2.75, 3.05) is 0 Å². The number of primary sulfonamides is 1. The lowest BCUT2D eigenvalue weighted by molar-refractivity contribution is 0.0691. The van der Waals surface area contributed by atoms with Crippen molar-refractivity contribution in [2.24, 2.45) is 11.1 Å². The molecular weight excluding hydrogens is 600 g/mol. The fourth-order valence-electron chi connectivity index (χ4n) is 5.47. The highest BCUT2D eigenvalue weighted by Gasteiger charge is 2.30. The van der Waals surface area contributed by atoms with E-state index in [0.29, 0.717) is 28.7 Å². The molecule has 0 unspecified atom stereocenters. The lowest BCUT2D eigenvalue weighted by Crippen LogP contribution is -2.14. The second-order valence-corrected chi connectivity index (χ2v) is 13.8. The largest absolute Gasteiger partial charge is 0.476 e. The first-order valence-corrected chi connectivity index (χ1v) is 16.7. The number of carbonyl (C=O) groups is 1. The lowest BCUT2D eigenvalue weighted by atomic mass is 9.88. The van der Waals surface area contributed by atoms with Crippen LogP contribution in [0.4, 0.5) is 4.39 Å². The minimum atomic E-state index is -4.22. The zero-order valence-electron chi connectivity index (χ0n) is 24.2. The van der Waals surface area contributed by atoms with Gasteiger partial charge in [0.25, 0.3) is 0 Å². The molecule has 2 heterocycles. The highest BCUT2D eigenvalue weighted by molar-refractivity contribution is 7.89. The molecule has 1 aliphatic carbocycles. The Morgan fingerprint density at radius 2 is 1.84 bits per heavy atom. The quantitative estimate of drug-likeness (QED) is 0.174. The van der Waals surface area contributed by atoms with Crippen molar-refractivity contribution in [3.05, 3.63) is 106 Å². The highest BCUT2D eigenvalue weighted by Crippen LogP contribution is 2.41. The van der Waals surface area contributed by atoms with E-state index < -0.39 is 26.7 Å². The van der Waals surface area contributed by atoms with Crippen molar-refractivity contribution < 1.29 is 22.7 Å². The van der Waals surface area contributed by atoms with Crippen molar-refractivity contribution in [1.29, 1.82) is 0 Å². The summed E-state index contributed by atoms with van der Waals surface area (Å²) in [4.78, 5) is 15.5. The van der Waals surface area contributed by atoms with Crippen LogP contribution in [-0.4, -0.2) is 34.3 Å². The third kappa shape index (κ3) is 6.08. The number of aromatic carboxylic acids is 1. The maximum absolute atomic E-state index is 15.0. The van der Waals surface area contributed by atoms with Gasteiger partial charge in [0.1, 0.15) is 10.7 Å². The van der Waals surface area contributed by atoms with Gasteiger partial charge in [-0.3, -0.25) is 0 Å². The summed E-state index contributed by atoms with van der Waals surface area (Å²) in [6.45, 7) is 4.23. The average Bonchev–Trinajstić information content (AvgIpc) is 3.54. The number of hydrogen-bond acceptors (Lipinski definition) is 6. The summed E-state index contributed by atoms with van der Waals surface area (Å²) in [5.74, 6) is -1.43. The van der Waals surface area contributed by atoms with Crippen LogP contribution in [0.3, 0.4) is 0 Å². The van der Waals surface area contributed by atoms with Crippen LogP contribution in [0.2, 0.25) is 0 Å². The summed E-state index contributed by atoms with van der Waals surface area (Å²) in [7, 11) is -4.22. The van der Waals surface area contributed by atoms with Crippen LogP contribution in [0.15, 0.2) is 77.0 Å². The first kappa shape index (κ1) is 29.9. The van der Waals surface area contributed by atoms with Gasteiger partial charge in [-0.15, -0.1) is 11.3 Å². The third-order valence-electron chi connectivity index (χ3n) is 7.88. The van der Waals surface area contributed by atoms with Crippen LogP contribution >= 0.6 is 11.3 Å². The van der Waals surface area contributed by atoms with Crippen molar-refractivity contribution in [2.45, 2.75) is 50.3 Å². The van der Waals surface area contributed by atoms with Gasteiger partial charge in [0, 0.05) is 22.9 Å². The van der Waals surface area contributed by atoms with Gasteiger partial charge in [-0.2, -0.15) is 5.10 Å². The summed E-state index contributed by atoms with van der Waals surface area (Å²) in [5, 5.41) is 21.8. The van der Waals surface area contributed by atoms with Gasteiger partial charge >= 0.3 is 5.97 Å². The Morgan fingerprint density at radius 1 is 1.09 bits per heavy atom. The predicted molar refractivity (Wildman–Crippen MR) is 168 cm³/mol. The minimum Gasteiger partial charge on any atom is -0.476 e. The Labute approximate surface area is 259 Å². The topological polar surface area (TPSA) is 128 Å². The molecule has 226 valence electrons. The molecule has 1 aliphatic rings. The van der Waals surface area contributed by atoms with E-state index in [1.165, 1.54) is 28.8 Å². The molecule has 0 spiro atoms. The molecule has 2 aromatic heterocycles. The highest BCUT2D eigenvalue weighted by atomic mass is 32.2. The molecule has 6 rings (SSSR count). The second-order valence-electron chi connectivity index (χ2n) is 11.5. The number of nitrogens with two attached hydrogens (primary N) is 1. The van der Waals surface area contributed by atoms with E-state index in [1.807, 2.05) is 30.3 Å². The number of hydrogen-bond donors (Lipinski definition) is 2. The van der Waals surface area contributed by atoms with Crippen LogP contribution in [0.5, 0.6) is 0 Å². The normalized spacial score (nSPS) is 13.5. The zero-order chi connectivity index (χ0) is 31.2. The van der Waals surface area contributed by atoms with E-state index in [4.69, 9.17) is 10.2 Å². The fraction of sp³-hybridized carbons (Fsp3) is 0.242. The van der Waals surface area contributed by atoms with E-state index in [0.717, 1.165) is 46.4 Å². The van der Waals surface area contributed by atoms with Gasteiger partial charge in [0.15, 0.2) is 5.69 Å². The van der Waals surface area contributed by atoms with Crippen LogP contribution in [0.25, 0.3) is 27.5 Å². The number of benzene rings is 3. The molecule has 0 bridgehead atoms. The molecule has 0 saturated heterocycles. The Hall–Kier alpha value is -4.19. The van der Waals surface area contributed by atoms with Gasteiger partial charge in [-0.05, 0) is 71.6 Å². The van der Waals surface area contributed by atoms with Gasteiger partial charge in [0.2, 0.25) is 15.2 Å². The van der Waals surface area contributed by atoms with Gasteiger partial charge in [0.05, 0.1) is 11.4 Å². The van der Waals surface area contributed by atoms with Crippen LogP contribution in [-0.2, 0) is 22.9 Å². The summed E-state index contributed by atoms with van der Waals surface area (Å²) in [5.41, 5.74) is 7.00. The van der Waals surface area contributed by atoms with E-state index >= 15 is 4.39 Å². The number of thiazole rings is 1. The Morgan fingerprint density at radius 3 is 2.45 bits per heavy atom. The predicted octanol–water partition coefficient (Wildman–Crippen LogP) is 6.81. The summed E-state index contributed by atoms with van der Waals surface area (Å²) >= 11 is 1.20. The first-order chi connectivity index (χ1) is 21.0. The van der Waals surface area contributed by atoms with Gasteiger partial charge in [-0.1, -0.05) is 62.4 Å². The Balaban J connectivity index is 1.59. The van der Waals surface area contributed by atoms with E-state index in [2.05, 4.69) is 37.0 Å². The molecule has 11 heteroatoms. The van der Waals surface area contributed by atoms with Crippen molar-refractivity contribution in [3.8, 4) is 27.5 Å². The molecule has 3 aromatic carbocycles. The SMILES string of the molecule is CC(C)c1ccc(-c2ccccc2)cc1-c1nn(-c2nc(C(=O)O)cs2)c(CC2CC2)c1Cc1ccc(S(N)(=O)=O)c(F)c1. The Bertz CT molecular complexity index is 1980. The molecule has 0 aliphatic heterocycles. The standard InChI is InChI=1S/C33H31FN4O4S2/c1-19(2)24-12-11-23(22-6-4-3-5-7-22)17-25(24)31-26(14-21-10-13-30(27(34)15-21)44(35,41)42)29(16-20-8-9-20)38(37-31)33-36-28(18-43-33)32(39)40/h3-7,10-13,15,17-20H,8-9,14,16H2,1-2H3,(H,39,40)(H2,35,41,42). The number of carboxylic acids is 1. The molecule has 8 nitrogen and oxygen atoms in total. The maximum atomic E-state index is 15.0. The van der Waals surface area contributed by atoms with Crippen LogP contribution in [0.1, 0.15) is 65.5 Å². The van der Waals surface area contributed by atoms with E-state index in [1.54, 1.807) is 10.7 Å². The molecule has 5 aromatic rings. The van der Waals surface area contributed by atoms with Crippen molar-refractivity contribution >= 4 is 27.3 Å². The smallest absolute Gasteiger partial charge is 0.355 e. The minimum absolute atomic E-state index is 0.0597. The average molecular weight is 631 g/mol. The number of nitrogens with zero attached hydrogens (tertiary/aromatic N) is 3. The number of rotatable bonds is 10. The lowest BCUT2D eigenvalue weighted by Gasteiger charge is -2.15. The van der Waals surface area contributed by atoms with Crippen molar-refractivity contribution in [1.82, 2.24) is 14.8 Å². The van der Waals surface area contributed by atoms with Crippen LogP contribution in [0, 0.1) is 11.7 Å². The second kappa shape index (κ2) is 11.7. The number of aromatic nitrogens is 3. The summed E-state index contributed by atoms with van der Waals surface area (Å²) < 4.78 is 40.5. The zero-order valence-corrected chi connectivity index (χ0v) is 25.8. The molecule has 0 atom stereocenters. The number of sulfonamides is 1. The number of carboxylic acid groups (broad SMARTS) is 1. The number of halogens is 1. The van der Waals surface area contributed by atoms with Crippen LogP contribution < -0.4 is 5.14 Å². The molecule has 0 amide bonds. The summed E-state index contributed by atoms with van der Waals surface area (Å²) in [6.07, 6.45) is 3.09. The molecule has 44 heavy (non-hydrogen) atoms. The van der Waals surface area contributed by atoms with Gasteiger partial charge in [-0.25, -0.2) is 32.4 Å². The Kier molecular flexibility index (Phi) is 7.95. The first-order valence-electron chi connectivity index (χ1n) is 14.3. The van der Waals surface area contributed by atoms with E-state index in [9.17, 15) is 18.3 Å². The fourth-order valence-corrected chi connectivity index (χ4v) is 6.84. The molecular formula is C33H31FN4O4S2. The van der Waals surface area contributed by atoms with Gasteiger partial charge < -0.3 is 5.11 Å². The molecule has 1 fully saturated rings. The third-order valence-corrected chi connectivity index (χ3v) is 9.64. The van der Waals surface area contributed by atoms with Crippen molar-refractivity contribution in [3.63, 3.8) is 0 Å². The maximum Gasteiger partial charge on any atom is 0.355 e. The molecule has 3 N–H and O–H groups in total. The molecule has 0 radical (unpaired) electrons. The van der Waals surface area contributed by atoms with E-state index in [-0.39, 0.29) is 18.0 Å². The molecule has 1 saturated carbocycles.